The smallest absolute Gasteiger partial charge is 0.347 e. The number of halogens is 5. The van der Waals surface area contributed by atoms with Gasteiger partial charge in [-0.15, -0.1) is 0 Å². The molecule has 4 rings (SSSR count). The topological polar surface area (TPSA) is 94.0 Å². The minimum Gasteiger partial charge on any atom is -0.363 e. The Hall–Kier alpha value is -3.09. The molecule has 2 heterocycles. The van der Waals surface area contributed by atoms with Crippen molar-refractivity contribution in [1.29, 1.82) is 0 Å². The van der Waals surface area contributed by atoms with Crippen LogP contribution in [0.1, 0.15) is 44.1 Å². The van der Waals surface area contributed by atoms with Crippen molar-refractivity contribution in [1.82, 2.24) is 14.5 Å². The number of benzene rings is 1. The molecule has 0 radical (unpaired) electrons. The number of fused-ring (bicyclic) bond motifs is 1. The first-order valence-electron chi connectivity index (χ1n) is 10.6. The lowest BCUT2D eigenvalue weighted by Gasteiger charge is -2.21. The standard InChI is InChI=1S/C22H21F5N4O3S/c1-11(13-5-4-6-16(18(13)23)35(33,34)21(3,26)27)28-19-14-10-31(22(7-8-22)20(24)25)17(32)9-15(14)29-12(2)30-19/h4-6,9-11,20H,7-8H2,1-3H3,(H,28,29,30). The van der Waals surface area contributed by atoms with E-state index >= 15 is 4.39 Å². The number of nitrogens with zero attached hydrogens (tertiary/aromatic N) is 3. The molecule has 0 bridgehead atoms. The predicted molar refractivity (Wildman–Crippen MR) is 118 cm³/mol. The SMILES string of the molecule is Cc1nc(NC(C)c2cccc(S(=O)(=O)C(C)(F)F)c2F)c2cn(C3(C(F)F)CC3)c(=O)cc2n1. The summed E-state index contributed by atoms with van der Waals surface area (Å²) < 4.78 is 94.9. The monoisotopic (exact) mass is 516 g/mol. The van der Waals surface area contributed by atoms with Crippen molar-refractivity contribution in [3.8, 4) is 0 Å². The maximum Gasteiger partial charge on any atom is 0.347 e. The van der Waals surface area contributed by atoms with Crippen molar-refractivity contribution in [2.24, 2.45) is 0 Å². The second-order valence-corrected chi connectivity index (χ2v) is 10.8. The van der Waals surface area contributed by atoms with Crippen LogP contribution in [-0.2, 0) is 15.4 Å². The van der Waals surface area contributed by atoms with Crippen LogP contribution in [-0.4, -0.2) is 34.6 Å². The van der Waals surface area contributed by atoms with Crippen LogP contribution in [0.5, 0.6) is 0 Å². The van der Waals surface area contributed by atoms with Crippen molar-refractivity contribution in [3.05, 3.63) is 58.0 Å². The molecule has 0 aliphatic heterocycles. The van der Waals surface area contributed by atoms with Crippen LogP contribution in [0, 0.1) is 12.7 Å². The molecule has 1 aliphatic rings. The second-order valence-electron chi connectivity index (χ2n) is 8.64. The van der Waals surface area contributed by atoms with Crippen LogP contribution >= 0.6 is 0 Å². The number of hydrogen-bond donors (Lipinski definition) is 1. The highest BCUT2D eigenvalue weighted by molar-refractivity contribution is 7.92. The lowest BCUT2D eigenvalue weighted by Crippen LogP contribution is -2.35. The first-order chi connectivity index (χ1) is 16.2. The van der Waals surface area contributed by atoms with Crippen LogP contribution < -0.4 is 10.9 Å². The fourth-order valence-electron chi connectivity index (χ4n) is 3.92. The molecule has 0 spiro atoms. The van der Waals surface area contributed by atoms with E-state index in [0.717, 1.165) is 22.8 Å². The summed E-state index contributed by atoms with van der Waals surface area (Å²) in [6, 6.07) is 3.23. The van der Waals surface area contributed by atoms with E-state index in [-0.39, 0.29) is 47.9 Å². The molecule has 1 aromatic carbocycles. The average molecular weight is 516 g/mol. The van der Waals surface area contributed by atoms with E-state index in [1.54, 1.807) is 0 Å². The van der Waals surface area contributed by atoms with Crippen molar-refractivity contribution in [3.63, 3.8) is 0 Å². The molecule has 0 saturated heterocycles. The second kappa shape index (κ2) is 8.25. The third-order valence-electron chi connectivity index (χ3n) is 6.07. The Labute approximate surface area is 196 Å². The van der Waals surface area contributed by atoms with Gasteiger partial charge in [-0.05, 0) is 32.8 Å². The van der Waals surface area contributed by atoms with Gasteiger partial charge in [-0.25, -0.2) is 31.6 Å². The summed E-state index contributed by atoms with van der Waals surface area (Å²) >= 11 is 0. The molecular weight excluding hydrogens is 495 g/mol. The normalized spacial score (nSPS) is 16.5. The highest BCUT2D eigenvalue weighted by Crippen LogP contribution is 2.48. The van der Waals surface area contributed by atoms with Gasteiger partial charge in [-0.1, -0.05) is 12.1 Å². The highest BCUT2D eigenvalue weighted by Gasteiger charge is 2.53. The van der Waals surface area contributed by atoms with Crippen LogP contribution in [0.2, 0.25) is 0 Å². The zero-order valence-electron chi connectivity index (χ0n) is 18.8. The van der Waals surface area contributed by atoms with Crippen molar-refractivity contribution >= 4 is 26.6 Å². The maximum atomic E-state index is 15.1. The van der Waals surface area contributed by atoms with Gasteiger partial charge in [0.1, 0.15) is 27.9 Å². The zero-order valence-corrected chi connectivity index (χ0v) is 19.6. The van der Waals surface area contributed by atoms with Gasteiger partial charge in [0.2, 0.25) is 9.84 Å². The third-order valence-corrected chi connectivity index (χ3v) is 7.90. The lowest BCUT2D eigenvalue weighted by atomic mass is 10.1. The Morgan fingerprint density at radius 3 is 2.43 bits per heavy atom. The molecule has 1 saturated carbocycles. The van der Waals surface area contributed by atoms with Crippen LogP contribution in [0.3, 0.4) is 0 Å². The van der Waals surface area contributed by atoms with Crippen molar-refractivity contribution < 1.29 is 30.4 Å². The first kappa shape index (κ1) is 25.0. The molecule has 1 N–H and O–H groups in total. The number of alkyl halides is 4. The molecule has 1 fully saturated rings. The Balaban J connectivity index is 1.79. The lowest BCUT2D eigenvalue weighted by molar-refractivity contribution is 0.0654. The number of rotatable bonds is 7. The van der Waals surface area contributed by atoms with Gasteiger partial charge < -0.3 is 9.88 Å². The van der Waals surface area contributed by atoms with Crippen molar-refractivity contribution in [2.75, 3.05) is 5.32 Å². The minimum absolute atomic E-state index is 0.0762. The summed E-state index contributed by atoms with van der Waals surface area (Å²) in [5.74, 6) is -1.05. The van der Waals surface area contributed by atoms with E-state index in [1.165, 1.54) is 26.1 Å². The van der Waals surface area contributed by atoms with E-state index in [4.69, 9.17) is 0 Å². The molecule has 35 heavy (non-hydrogen) atoms. The van der Waals surface area contributed by atoms with E-state index in [9.17, 15) is 30.8 Å². The van der Waals surface area contributed by atoms with E-state index < -0.39 is 49.4 Å². The third kappa shape index (κ3) is 4.15. The van der Waals surface area contributed by atoms with E-state index in [0.29, 0.717) is 0 Å². The molecule has 1 atom stereocenters. The predicted octanol–water partition coefficient (Wildman–Crippen LogP) is 4.55. The molecular formula is C22H21F5N4O3S. The Bertz CT molecular complexity index is 1480. The quantitative estimate of drug-likeness (QED) is 0.463. The number of nitrogens with one attached hydrogen (secondary N) is 1. The first-order valence-corrected chi connectivity index (χ1v) is 12.0. The fraction of sp³-hybridized carbons (Fsp3) is 0.409. The average Bonchev–Trinajstić information content (AvgIpc) is 3.54. The van der Waals surface area contributed by atoms with Gasteiger partial charge in [0.25, 0.3) is 12.0 Å². The summed E-state index contributed by atoms with van der Waals surface area (Å²) in [5.41, 5.74) is -2.34. The Morgan fingerprint density at radius 2 is 1.86 bits per heavy atom. The molecule has 1 unspecified atom stereocenters. The molecule has 0 amide bonds. The maximum absolute atomic E-state index is 15.1. The van der Waals surface area contributed by atoms with Gasteiger partial charge in [0.15, 0.2) is 0 Å². The molecule has 2 aromatic heterocycles. The fourth-order valence-corrected chi connectivity index (χ4v) is 4.91. The number of aromatic nitrogens is 3. The summed E-state index contributed by atoms with van der Waals surface area (Å²) in [7, 11) is -5.28. The molecule has 7 nitrogen and oxygen atoms in total. The van der Waals surface area contributed by atoms with E-state index in [2.05, 4.69) is 15.3 Å². The van der Waals surface area contributed by atoms with Gasteiger partial charge in [0.05, 0.1) is 16.9 Å². The van der Waals surface area contributed by atoms with Crippen LogP contribution in [0.4, 0.5) is 27.8 Å². The molecule has 13 heteroatoms. The summed E-state index contributed by atoms with van der Waals surface area (Å²) in [5, 5.41) is -1.12. The molecule has 3 aromatic rings. The Kier molecular flexibility index (Phi) is 5.89. The largest absolute Gasteiger partial charge is 0.363 e. The van der Waals surface area contributed by atoms with Gasteiger partial charge in [-0.3, -0.25) is 4.79 Å². The molecule has 188 valence electrons. The Morgan fingerprint density at radius 1 is 1.20 bits per heavy atom. The highest BCUT2D eigenvalue weighted by atomic mass is 32.2. The number of aryl methyl sites for hydroxylation is 1. The zero-order chi connectivity index (χ0) is 25.9. The number of sulfone groups is 1. The van der Waals surface area contributed by atoms with Gasteiger partial charge in [-0.2, -0.15) is 8.78 Å². The van der Waals surface area contributed by atoms with E-state index in [1.807, 2.05) is 0 Å². The minimum atomic E-state index is -5.28. The van der Waals surface area contributed by atoms with Crippen molar-refractivity contribution in [2.45, 2.75) is 61.8 Å². The summed E-state index contributed by atoms with van der Waals surface area (Å²) in [6.45, 7) is 3.14. The summed E-state index contributed by atoms with van der Waals surface area (Å²) in [4.78, 5) is 19.8. The molecule has 1 aliphatic carbocycles. The number of anilines is 1. The van der Waals surface area contributed by atoms with Crippen LogP contribution in [0.25, 0.3) is 10.9 Å². The van der Waals surface area contributed by atoms with Crippen LogP contribution in [0.15, 0.2) is 40.2 Å². The number of hydrogen-bond acceptors (Lipinski definition) is 6. The number of pyridine rings is 1. The van der Waals surface area contributed by atoms with Gasteiger partial charge in [0, 0.05) is 24.8 Å². The van der Waals surface area contributed by atoms with Gasteiger partial charge >= 0.3 is 5.25 Å². The summed E-state index contributed by atoms with van der Waals surface area (Å²) in [6.07, 6.45) is -1.30.